The van der Waals surface area contributed by atoms with Crippen LogP contribution in [-0.2, 0) is 9.53 Å². The van der Waals surface area contributed by atoms with Crippen molar-refractivity contribution in [3.05, 3.63) is 39.9 Å². The predicted molar refractivity (Wildman–Crippen MR) is 60.7 cm³/mol. The van der Waals surface area contributed by atoms with E-state index in [2.05, 4.69) is 0 Å². The van der Waals surface area contributed by atoms with Crippen molar-refractivity contribution < 1.29 is 14.3 Å². The van der Waals surface area contributed by atoms with E-state index in [4.69, 9.17) is 32.7 Å². The van der Waals surface area contributed by atoms with Crippen LogP contribution in [0.15, 0.2) is 29.8 Å². The van der Waals surface area contributed by atoms with Gasteiger partial charge in [-0.15, -0.1) is 0 Å². The monoisotopic (exact) mass is 258 g/mol. The molecule has 1 aromatic rings. The lowest BCUT2D eigenvalue weighted by Gasteiger charge is -2.12. The van der Waals surface area contributed by atoms with Crippen molar-refractivity contribution in [1.29, 1.82) is 0 Å². The fourth-order valence-electron chi connectivity index (χ4n) is 1.26. The molecule has 0 N–H and O–H groups in total. The number of hydrogen-bond acceptors (Lipinski definition) is 3. The number of carbonyl (C=O) groups is 1. The Morgan fingerprint density at radius 1 is 1.38 bits per heavy atom. The van der Waals surface area contributed by atoms with E-state index in [1.807, 2.05) is 0 Å². The summed E-state index contributed by atoms with van der Waals surface area (Å²) in [5, 5.41) is 0.897. The van der Waals surface area contributed by atoms with E-state index >= 15 is 0 Å². The second-order valence-corrected chi connectivity index (χ2v) is 4.16. The average molecular weight is 259 g/mol. The molecule has 0 amide bonds. The van der Waals surface area contributed by atoms with Gasteiger partial charge in [0.25, 0.3) is 6.29 Å². The fraction of sp³-hybridized carbons (Fsp3) is 0.182. The van der Waals surface area contributed by atoms with Gasteiger partial charge < -0.3 is 9.47 Å². The molecule has 0 aliphatic carbocycles. The van der Waals surface area contributed by atoms with Crippen LogP contribution in [0.4, 0.5) is 0 Å². The topological polar surface area (TPSA) is 35.5 Å². The van der Waals surface area contributed by atoms with Gasteiger partial charge in [-0.2, -0.15) is 0 Å². The lowest BCUT2D eigenvalue weighted by Crippen LogP contribution is -2.15. The summed E-state index contributed by atoms with van der Waals surface area (Å²) in [4.78, 5) is 11.1. The van der Waals surface area contributed by atoms with Gasteiger partial charge in [-0.05, 0) is 25.1 Å². The van der Waals surface area contributed by atoms with Gasteiger partial charge in [0.05, 0.1) is 5.02 Å². The average Bonchev–Trinajstić information content (AvgIpc) is 2.51. The number of halogens is 2. The molecular weight excluding hydrogens is 251 g/mol. The van der Waals surface area contributed by atoms with Crippen LogP contribution in [0.1, 0.15) is 6.92 Å². The van der Waals surface area contributed by atoms with Gasteiger partial charge in [-0.3, -0.25) is 0 Å². The van der Waals surface area contributed by atoms with E-state index < -0.39 is 6.29 Å². The van der Waals surface area contributed by atoms with Gasteiger partial charge in [0.1, 0.15) is 5.75 Å². The Morgan fingerprint density at radius 2 is 2.12 bits per heavy atom. The van der Waals surface area contributed by atoms with E-state index in [1.54, 1.807) is 31.2 Å². The first-order valence-electron chi connectivity index (χ1n) is 4.57. The number of esters is 1. The lowest BCUT2D eigenvalue weighted by molar-refractivity contribution is -0.148. The zero-order chi connectivity index (χ0) is 11.7. The number of hydrogen-bond donors (Lipinski definition) is 0. The number of ether oxygens (including phenoxy) is 2. The van der Waals surface area contributed by atoms with Gasteiger partial charge in [0.15, 0.2) is 0 Å². The first-order valence-corrected chi connectivity index (χ1v) is 5.33. The third kappa shape index (κ3) is 2.31. The molecule has 3 nitrogen and oxygen atoms in total. The molecule has 1 aliphatic rings. The van der Waals surface area contributed by atoms with Gasteiger partial charge in [-0.25, -0.2) is 4.79 Å². The Balaban J connectivity index is 2.14. The third-order valence-electron chi connectivity index (χ3n) is 2.07. The van der Waals surface area contributed by atoms with Crippen molar-refractivity contribution in [2.75, 3.05) is 0 Å². The molecule has 1 atom stereocenters. The molecule has 0 saturated carbocycles. The molecule has 0 fully saturated rings. The second kappa shape index (κ2) is 4.36. The van der Waals surface area contributed by atoms with E-state index in [0.717, 1.165) is 0 Å². The van der Waals surface area contributed by atoms with Crippen molar-refractivity contribution in [3.8, 4) is 5.75 Å². The summed E-state index contributed by atoms with van der Waals surface area (Å²) in [5.41, 5.74) is 0.523. The second-order valence-electron chi connectivity index (χ2n) is 3.32. The van der Waals surface area contributed by atoms with Crippen LogP contribution in [0, 0.1) is 0 Å². The Bertz CT molecular complexity index is 468. The molecule has 1 heterocycles. The number of rotatable bonds is 2. The summed E-state index contributed by atoms with van der Waals surface area (Å²) < 4.78 is 10.3. The molecule has 2 rings (SSSR count). The maximum Gasteiger partial charge on any atom is 0.336 e. The van der Waals surface area contributed by atoms with E-state index in [0.29, 0.717) is 21.4 Å². The summed E-state index contributed by atoms with van der Waals surface area (Å²) in [7, 11) is 0. The fourth-order valence-corrected chi connectivity index (χ4v) is 1.71. The molecule has 5 heteroatoms. The molecule has 0 saturated heterocycles. The van der Waals surface area contributed by atoms with Crippen LogP contribution in [-0.4, -0.2) is 12.3 Å². The summed E-state index contributed by atoms with van der Waals surface area (Å²) in [6, 6.07) is 4.84. The van der Waals surface area contributed by atoms with Crippen LogP contribution in [0.25, 0.3) is 0 Å². The van der Waals surface area contributed by atoms with Crippen molar-refractivity contribution >= 4 is 29.2 Å². The summed E-state index contributed by atoms with van der Waals surface area (Å²) in [6.07, 6.45) is 0.874. The molecule has 0 bridgehead atoms. The molecular formula is C11H8Cl2O3. The highest BCUT2D eigenvalue weighted by atomic mass is 35.5. The normalized spacial score (nSPS) is 19.3. The van der Waals surface area contributed by atoms with Gasteiger partial charge >= 0.3 is 5.97 Å². The highest BCUT2D eigenvalue weighted by Crippen LogP contribution is 2.29. The predicted octanol–water partition coefficient (Wildman–Crippen LogP) is 3.20. The molecule has 84 valence electrons. The molecule has 1 aromatic carbocycles. The van der Waals surface area contributed by atoms with E-state index in [-0.39, 0.29) is 5.97 Å². The minimum Gasteiger partial charge on any atom is -0.449 e. The van der Waals surface area contributed by atoms with Gasteiger partial charge in [0, 0.05) is 16.7 Å². The van der Waals surface area contributed by atoms with Crippen molar-refractivity contribution in [2.45, 2.75) is 13.2 Å². The van der Waals surface area contributed by atoms with Crippen LogP contribution < -0.4 is 4.74 Å². The van der Waals surface area contributed by atoms with E-state index in [9.17, 15) is 4.79 Å². The van der Waals surface area contributed by atoms with Crippen molar-refractivity contribution in [2.24, 2.45) is 0 Å². The SMILES string of the molecule is CC1=CC(Oc2ccc(Cl)cc2Cl)OC1=O. The molecule has 1 aliphatic heterocycles. The standard InChI is InChI=1S/C11H8Cl2O3/c1-6-4-10(16-11(6)14)15-9-3-2-7(12)5-8(9)13/h2-5,10H,1H3. The summed E-state index contributed by atoms with van der Waals surface area (Å²) in [6.45, 7) is 1.66. The Kier molecular flexibility index (Phi) is 3.08. The molecule has 16 heavy (non-hydrogen) atoms. The molecule has 0 aromatic heterocycles. The molecule has 1 unspecified atom stereocenters. The highest BCUT2D eigenvalue weighted by molar-refractivity contribution is 6.35. The number of cyclic esters (lactones) is 1. The maximum atomic E-state index is 11.1. The molecule has 0 spiro atoms. The van der Waals surface area contributed by atoms with Crippen molar-refractivity contribution in [1.82, 2.24) is 0 Å². The smallest absolute Gasteiger partial charge is 0.336 e. The lowest BCUT2D eigenvalue weighted by atomic mass is 10.3. The Hall–Kier alpha value is -1.19. The Morgan fingerprint density at radius 3 is 2.69 bits per heavy atom. The molecule has 0 radical (unpaired) electrons. The zero-order valence-electron chi connectivity index (χ0n) is 8.37. The zero-order valence-corrected chi connectivity index (χ0v) is 9.88. The van der Waals surface area contributed by atoms with Crippen LogP contribution >= 0.6 is 23.2 Å². The first-order chi connectivity index (χ1) is 7.56. The summed E-state index contributed by atoms with van der Waals surface area (Å²) >= 11 is 11.7. The summed E-state index contributed by atoms with van der Waals surface area (Å²) in [5.74, 6) is 0.0462. The van der Waals surface area contributed by atoms with E-state index in [1.165, 1.54) is 0 Å². The largest absolute Gasteiger partial charge is 0.449 e. The highest BCUT2D eigenvalue weighted by Gasteiger charge is 2.24. The quantitative estimate of drug-likeness (QED) is 0.765. The minimum absolute atomic E-state index is 0.376. The first kappa shape index (κ1) is 11.3. The van der Waals surface area contributed by atoms with Gasteiger partial charge in [-0.1, -0.05) is 23.2 Å². The van der Waals surface area contributed by atoms with Crippen LogP contribution in [0.5, 0.6) is 5.75 Å². The van der Waals surface area contributed by atoms with Crippen LogP contribution in [0.2, 0.25) is 10.0 Å². The number of benzene rings is 1. The minimum atomic E-state index is -0.717. The number of carbonyl (C=O) groups excluding carboxylic acids is 1. The van der Waals surface area contributed by atoms with Gasteiger partial charge in [0.2, 0.25) is 0 Å². The maximum absolute atomic E-state index is 11.1. The third-order valence-corrected chi connectivity index (χ3v) is 2.60. The van der Waals surface area contributed by atoms with Crippen molar-refractivity contribution in [3.63, 3.8) is 0 Å². The Labute approximate surface area is 103 Å². The van der Waals surface area contributed by atoms with Crippen LogP contribution in [0.3, 0.4) is 0 Å².